The summed E-state index contributed by atoms with van der Waals surface area (Å²) in [7, 11) is 0. The van der Waals surface area contributed by atoms with Crippen LogP contribution < -0.4 is 5.32 Å². The number of halogens is 1. The number of rotatable bonds is 2. The molecule has 1 atom stereocenters. The summed E-state index contributed by atoms with van der Waals surface area (Å²) >= 11 is 3.23. The van der Waals surface area contributed by atoms with E-state index in [4.69, 9.17) is 0 Å². The summed E-state index contributed by atoms with van der Waals surface area (Å²) in [4.78, 5) is 10.3. The zero-order valence-electron chi connectivity index (χ0n) is 5.07. The zero-order chi connectivity index (χ0) is 6.57. The summed E-state index contributed by atoms with van der Waals surface area (Å²) < 4.78 is 0. The molecule has 0 bridgehead atoms. The van der Waals surface area contributed by atoms with Crippen LogP contribution in [0.5, 0.6) is 0 Å². The van der Waals surface area contributed by atoms with E-state index in [0.29, 0.717) is 0 Å². The highest BCUT2D eigenvalue weighted by Crippen LogP contribution is 1.86. The topological polar surface area (TPSA) is 29.1 Å². The van der Waals surface area contributed by atoms with Crippen LogP contribution in [-0.4, -0.2) is 17.3 Å². The van der Waals surface area contributed by atoms with Crippen LogP contribution in [0.2, 0.25) is 0 Å². The molecule has 1 N–H and O–H groups in total. The summed E-state index contributed by atoms with van der Waals surface area (Å²) in [6, 6.07) is 0.243. The van der Waals surface area contributed by atoms with Gasteiger partial charge in [0.2, 0.25) is 5.91 Å². The molecular formula is C5H10BrNO. The molecule has 2 nitrogen and oxygen atoms in total. The van der Waals surface area contributed by atoms with Crippen molar-refractivity contribution in [2.24, 2.45) is 0 Å². The van der Waals surface area contributed by atoms with Crippen LogP contribution in [0.1, 0.15) is 13.8 Å². The lowest BCUT2D eigenvalue weighted by atomic mass is 10.4. The van der Waals surface area contributed by atoms with Crippen molar-refractivity contribution in [3.8, 4) is 0 Å². The van der Waals surface area contributed by atoms with Crippen molar-refractivity contribution in [3.05, 3.63) is 0 Å². The Hall–Kier alpha value is -0.0500. The number of hydrogen-bond acceptors (Lipinski definition) is 1. The predicted molar refractivity (Wildman–Crippen MR) is 37.1 cm³/mol. The van der Waals surface area contributed by atoms with Gasteiger partial charge in [0.15, 0.2) is 0 Å². The van der Waals surface area contributed by atoms with Gasteiger partial charge in [-0.1, -0.05) is 15.9 Å². The van der Waals surface area contributed by atoms with Crippen LogP contribution in [0.4, 0.5) is 0 Å². The van der Waals surface area contributed by atoms with Crippen molar-refractivity contribution in [1.82, 2.24) is 5.32 Å². The second kappa shape index (κ2) is 3.89. The molecule has 0 aromatic carbocycles. The van der Waals surface area contributed by atoms with Gasteiger partial charge in [-0.15, -0.1) is 0 Å². The van der Waals surface area contributed by atoms with E-state index in [0.717, 1.165) is 5.33 Å². The molecule has 0 unspecified atom stereocenters. The van der Waals surface area contributed by atoms with Gasteiger partial charge in [0, 0.05) is 18.3 Å². The van der Waals surface area contributed by atoms with Crippen molar-refractivity contribution in [2.45, 2.75) is 19.9 Å². The Morgan fingerprint density at radius 3 is 2.50 bits per heavy atom. The Labute approximate surface area is 57.8 Å². The number of carbonyl (C=O) groups is 1. The molecule has 0 saturated heterocycles. The summed E-state index contributed by atoms with van der Waals surface area (Å²) in [5, 5.41) is 3.52. The van der Waals surface area contributed by atoms with Crippen LogP contribution in [0, 0.1) is 0 Å². The largest absolute Gasteiger partial charge is 0.353 e. The van der Waals surface area contributed by atoms with Crippen LogP contribution in [0.25, 0.3) is 0 Å². The predicted octanol–water partition coefficient (Wildman–Crippen LogP) is 0.906. The number of alkyl halides is 1. The van der Waals surface area contributed by atoms with Crippen LogP contribution >= 0.6 is 15.9 Å². The number of nitrogens with one attached hydrogen (secondary N) is 1. The Bertz CT molecular complexity index is 84.5. The maximum absolute atomic E-state index is 10.3. The van der Waals surface area contributed by atoms with Crippen LogP contribution in [0.15, 0.2) is 0 Å². The lowest BCUT2D eigenvalue weighted by Crippen LogP contribution is -2.31. The fourth-order valence-electron chi connectivity index (χ4n) is 0.386. The number of hydrogen-bond donors (Lipinski definition) is 1. The molecule has 3 heteroatoms. The molecular weight excluding hydrogens is 170 g/mol. The molecule has 0 aliphatic rings. The lowest BCUT2D eigenvalue weighted by Gasteiger charge is -2.06. The average molecular weight is 180 g/mol. The van der Waals surface area contributed by atoms with Crippen molar-refractivity contribution in [2.75, 3.05) is 5.33 Å². The van der Waals surface area contributed by atoms with Crippen LogP contribution in [0.3, 0.4) is 0 Å². The molecule has 0 aliphatic carbocycles. The van der Waals surface area contributed by atoms with Gasteiger partial charge in [0.1, 0.15) is 0 Å². The van der Waals surface area contributed by atoms with Gasteiger partial charge in [-0.2, -0.15) is 0 Å². The lowest BCUT2D eigenvalue weighted by molar-refractivity contribution is -0.119. The smallest absolute Gasteiger partial charge is 0.217 e. The normalized spacial score (nSPS) is 12.9. The van der Waals surface area contributed by atoms with E-state index >= 15 is 0 Å². The molecule has 48 valence electrons. The first-order valence-electron chi connectivity index (χ1n) is 2.50. The van der Waals surface area contributed by atoms with Crippen molar-refractivity contribution < 1.29 is 4.79 Å². The molecule has 0 radical (unpaired) electrons. The Morgan fingerprint density at radius 2 is 2.38 bits per heavy atom. The van der Waals surface area contributed by atoms with Crippen molar-refractivity contribution in [1.29, 1.82) is 0 Å². The van der Waals surface area contributed by atoms with E-state index < -0.39 is 0 Å². The van der Waals surface area contributed by atoms with E-state index in [1.54, 1.807) is 0 Å². The van der Waals surface area contributed by atoms with Gasteiger partial charge >= 0.3 is 0 Å². The minimum Gasteiger partial charge on any atom is -0.353 e. The molecule has 0 fully saturated rings. The third-order valence-corrected chi connectivity index (χ3v) is 1.65. The molecule has 0 aromatic rings. The quantitative estimate of drug-likeness (QED) is 0.628. The summed E-state index contributed by atoms with van der Waals surface area (Å²) in [5.41, 5.74) is 0. The highest BCUT2D eigenvalue weighted by molar-refractivity contribution is 9.09. The summed E-state index contributed by atoms with van der Waals surface area (Å²) in [5.74, 6) is 0.0250. The van der Waals surface area contributed by atoms with E-state index in [-0.39, 0.29) is 11.9 Å². The molecule has 1 amide bonds. The first-order valence-corrected chi connectivity index (χ1v) is 3.62. The van der Waals surface area contributed by atoms with E-state index in [1.165, 1.54) is 6.92 Å². The van der Waals surface area contributed by atoms with E-state index in [2.05, 4.69) is 21.2 Å². The van der Waals surface area contributed by atoms with Gasteiger partial charge in [0.25, 0.3) is 0 Å². The second-order valence-corrected chi connectivity index (χ2v) is 2.40. The Kier molecular flexibility index (Phi) is 3.87. The second-order valence-electron chi connectivity index (χ2n) is 1.76. The molecule has 0 rings (SSSR count). The third-order valence-electron chi connectivity index (χ3n) is 0.681. The van der Waals surface area contributed by atoms with E-state index in [1.807, 2.05) is 6.92 Å². The third kappa shape index (κ3) is 4.12. The van der Waals surface area contributed by atoms with E-state index in [9.17, 15) is 4.79 Å². The molecule has 0 spiro atoms. The highest BCUT2D eigenvalue weighted by atomic mass is 79.9. The fourth-order valence-corrected chi connectivity index (χ4v) is 0.547. The van der Waals surface area contributed by atoms with Crippen molar-refractivity contribution in [3.63, 3.8) is 0 Å². The Balaban J connectivity index is 3.24. The van der Waals surface area contributed by atoms with Crippen LogP contribution in [-0.2, 0) is 4.79 Å². The van der Waals surface area contributed by atoms with Gasteiger partial charge in [0.05, 0.1) is 0 Å². The summed E-state index contributed by atoms with van der Waals surface area (Å²) in [6.07, 6.45) is 0. The minimum absolute atomic E-state index is 0.0250. The zero-order valence-corrected chi connectivity index (χ0v) is 6.66. The number of amides is 1. The van der Waals surface area contributed by atoms with Gasteiger partial charge in [-0.25, -0.2) is 0 Å². The Morgan fingerprint density at radius 1 is 1.88 bits per heavy atom. The standard InChI is InChI=1S/C5H10BrNO/c1-4(3-6)7-5(2)8/h4H,3H2,1-2H3,(H,7,8)/t4-/m1/s1. The maximum Gasteiger partial charge on any atom is 0.217 e. The van der Waals surface area contributed by atoms with Gasteiger partial charge in [-0.05, 0) is 6.92 Å². The van der Waals surface area contributed by atoms with Gasteiger partial charge < -0.3 is 5.32 Å². The molecule has 0 aliphatic heterocycles. The maximum atomic E-state index is 10.3. The first-order chi connectivity index (χ1) is 3.66. The average Bonchev–Trinajstić information content (AvgIpc) is 1.65. The fraction of sp³-hybridized carbons (Fsp3) is 0.800. The molecule has 0 heterocycles. The molecule has 8 heavy (non-hydrogen) atoms. The molecule has 0 aromatic heterocycles. The SMILES string of the molecule is CC(=O)N[C@H](C)CBr. The first kappa shape index (κ1) is 7.95. The summed E-state index contributed by atoms with van der Waals surface area (Å²) in [6.45, 7) is 3.45. The highest BCUT2D eigenvalue weighted by Gasteiger charge is 1.97. The van der Waals surface area contributed by atoms with Gasteiger partial charge in [-0.3, -0.25) is 4.79 Å². The minimum atomic E-state index is 0.0250. The molecule has 0 saturated carbocycles. The number of carbonyl (C=O) groups excluding carboxylic acids is 1. The van der Waals surface area contributed by atoms with Crippen molar-refractivity contribution >= 4 is 21.8 Å². The monoisotopic (exact) mass is 179 g/mol.